The average molecular weight is 386 g/mol. The molecule has 0 radical (unpaired) electrons. The Labute approximate surface area is 134 Å². The summed E-state index contributed by atoms with van der Waals surface area (Å²) in [6.45, 7) is 0. The van der Waals surface area contributed by atoms with Crippen LogP contribution in [0.3, 0.4) is 0 Å². The number of carboxylic acids is 2. The van der Waals surface area contributed by atoms with Crippen molar-refractivity contribution in [3.63, 3.8) is 0 Å². The van der Waals surface area contributed by atoms with Crippen molar-refractivity contribution in [1.82, 2.24) is 0 Å². The predicted molar refractivity (Wildman–Crippen MR) is 72.1 cm³/mol. The molecule has 0 aromatic heterocycles. The van der Waals surface area contributed by atoms with Crippen molar-refractivity contribution in [3.8, 4) is 11.5 Å². The van der Waals surface area contributed by atoms with E-state index in [2.05, 4.69) is 0 Å². The molecular formula is C10H10O12S2. The summed E-state index contributed by atoms with van der Waals surface area (Å²) in [7, 11) is -10.9. The summed E-state index contributed by atoms with van der Waals surface area (Å²) in [6.07, 6.45) is -2.74. The molecule has 0 bridgehead atoms. The molecular weight excluding hydrogens is 376 g/mol. The van der Waals surface area contributed by atoms with Crippen LogP contribution in [0.15, 0.2) is 9.79 Å². The van der Waals surface area contributed by atoms with Crippen molar-refractivity contribution in [2.45, 2.75) is 22.6 Å². The van der Waals surface area contributed by atoms with Crippen LogP contribution in [0.1, 0.15) is 11.1 Å². The molecule has 0 aliphatic rings. The minimum absolute atomic E-state index is 1.16. The summed E-state index contributed by atoms with van der Waals surface area (Å²) >= 11 is 0. The molecule has 14 heteroatoms. The number of phenols is 2. The summed E-state index contributed by atoms with van der Waals surface area (Å²) < 4.78 is 63.8. The van der Waals surface area contributed by atoms with E-state index >= 15 is 0 Å². The zero-order valence-electron chi connectivity index (χ0n) is 11.4. The molecule has 0 fully saturated rings. The van der Waals surface area contributed by atoms with Crippen LogP contribution < -0.4 is 0 Å². The lowest BCUT2D eigenvalue weighted by Crippen LogP contribution is -2.16. The van der Waals surface area contributed by atoms with Crippen LogP contribution in [0.2, 0.25) is 0 Å². The molecule has 12 nitrogen and oxygen atoms in total. The van der Waals surface area contributed by atoms with Crippen molar-refractivity contribution in [2.75, 3.05) is 0 Å². The molecule has 1 rings (SSSR count). The van der Waals surface area contributed by atoms with Gasteiger partial charge in [0.2, 0.25) is 0 Å². The Morgan fingerprint density at radius 1 is 0.708 bits per heavy atom. The third-order valence-corrected chi connectivity index (χ3v) is 4.63. The van der Waals surface area contributed by atoms with Gasteiger partial charge in [0, 0.05) is 11.1 Å². The van der Waals surface area contributed by atoms with Crippen LogP contribution in [-0.4, -0.2) is 58.3 Å². The summed E-state index contributed by atoms with van der Waals surface area (Å²) in [4.78, 5) is 18.2. The van der Waals surface area contributed by atoms with E-state index in [1.807, 2.05) is 0 Å². The molecule has 0 unspecified atom stereocenters. The molecule has 1 aromatic rings. The fourth-order valence-electron chi connectivity index (χ4n) is 1.96. The van der Waals surface area contributed by atoms with Gasteiger partial charge < -0.3 is 20.4 Å². The minimum Gasteiger partial charge on any atom is -0.506 e. The minimum atomic E-state index is -5.46. The number of carbonyl (C=O) groups is 2. The SMILES string of the molecule is O=C(O)Cc1c(O)c(S(=O)(=O)O)c(CC(=O)O)c(S(=O)(=O)O)c1O. The van der Waals surface area contributed by atoms with Crippen molar-refractivity contribution in [2.24, 2.45) is 0 Å². The highest BCUT2D eigenvalue weighted by Gasteiger charge is 2.36. The maximum absolute atomic E-state index is 11.4. The van der Waals surface area contributed by atoms with Gasteiger partial charge in [0.1, 0.15) is 21.3 Å². The molecule has 0 atom stereocenters. The molecule has 0 spiro atoms. The number of phenolic OH excluding ortho intramolecular Hbond substituents is 2. The van der Waals surface area contributed by atoms with Crippen molar-refractivity contribution in [1.29, 1.82) is 0 Å². The Morgan fingerprint density at radius 2 is 1.00 bits per heavy atom. The van der Waals surface area contributed by atoms with Gasteiger partial charge in [-0.3, -0.25) is 18.7 Å². The second kappa shape index (κ2) is 6.23. The number of rotatable bonds is 6. The fraction of sp³-hybridized carbons (Fsp3) is 0.200. The van der Waals surface area contributed by atoms with Crippen LogP contribution in [0.25, 0.3) is 0 Å². The van der Waals surface area contributed by atoms with Crippen LogP contribution >= 0.6 is 0 Å². The quantitative estimate of drug-likeness (QED) is 0.319. The lowest BCUT2D eigenvalue weighted by Gasteiger charge is -2.17. The zero-order valence-corrected chi connectivity index (χ0v) is 13.0. The van der Waals surface area contributed by atoms with Crippen LogP contribution in [0.4, 0.5) is 0 Å². The maximum Gasteiger partial charge on any atom is 0.308 e. The summed E-state index contributed by atoms with van der Waals surface area (Å²) in [5.74, 6) is -6.69. The van der Waals surface area contributed by atoms with E-state index in [1.165, 1.54) is 0 Å². The van der Waals surface area contributed by atoms with Gasteiger partial charge in [-0.05, 0) is 0 Å². The number of hydrogen-bond acceptors (Lipinski definition) is 8. The topological polar surface area (TPSA) is 224 Å². The van der Waals surface area contributed by atoms with Gasteiger partial charge in [-0.25, -0.2) is 0 Å². The smallest absolute Gasteiger partial charge is 0.308 e. The maximum atomic E-state index is 11.4. The first kappa shape index (κ1) is 19.6. The Balaban J connectivity index is 4.20. The molecule has 24 heavy (non-hydrogen) atoms. The largest absolute Gasteiger partial charge is 0.506 e. The van der Waals surface area contributed by atoms with Gasteiger partial charge >= 0.3 is 11.9 Å². The van der Waals surface area contributed by atoms with Gasteiger partial charge in [-0.1, -0.05) is 0 Å². The second-order valence-corrected chi connectivity index (χ2v) is 7.12. The molecule has 0 heterocycles. The van der Waals surface area contributed by atoms with E-state index in [0.29, 0.717) is 0 Å². The van der Waals surface area contributed by atoms with Gasteiger partial charge in [-0.2, -0.15) is 16.8 Å². The monoisotopic (exact) mass is 386 g/mol. The molecule has 0 amide bonds. The predicted octanol–water partition coefficient (Wildman–Crippen LogP) is -1.15. The molecule has 0 saturated heterocycles. The first-order valence-electron chi connectivity index (χ1n) is 5.66. The van der Waals surface area contributed by atoms with E-state index < -0.39 is 77.4 Å². The first-order chi connectivity index (χ1) is 10.7. The highest BCUT2D eigenvalue weighted by atomic mass is 32.2. The molecule has 1 aromatic carbocycles. The van der Waals surface area contributed by atoms with Crippen LogP contribution in [0, 0.1) is 0 Å². The van der Waals surface area contributed by atoms with Gasteiger partial charge in [-0.15, -0.1) is 0 Å². The molecule has 0 aliphatic heterocycles. The average Bonchev–Trinajstić information content (AvgIpc) is 2.29. The number of aromatic hydroxyl groups is 2. The number of aliphatic carboxylic acids is 2. The molecule has 0 saturated carbocycles. The second-order valence-electron chi connectivity index (χ2n) is 4.40. The van der Waals surface area contributed by atoms with E-state index in [4.69, 9.17) is 19.3 Å². The van der Waals surface area contributed by atoms with E-state index in [-0.39, 0.29) is 0 Å². The fourth-order valence-corrected chi connectivity index (χ4v) is 3.73. The van der Waals surface area contributed by atoms with E-state index in [9.17, 15) is 36.6 Å². The summed E-state index contributed by atoms with van der Waals surface area (Å²) in [6, 6.07) is 0. The third-order valence-electron chi connectivity index (χ3n) is 2.72. The Morgan fingerprint density at radius 3 is 1.25 bits per heavy atom. The molecule has 134 valence electrons. The standard InChI is InChI=1S/C10H10O12S2/c11-5(12)1-3-7(15)9(23(17,18)19)4(2-6(13)14)10(8(3)16)24(20,21)22/h15-16H,1-2H2,(H,11,12)(H,13,14)(H,17,18,19)(H,20,21,22). The van der Waals surface area contributed by atoms with Crippen LogP contribution in [0.5, 0.6) is 11.5 Å². The Hall–Kier alpha value is -2.42. The highest BCUT2D eigenvalue weighted by molar-refractivity contribution is 7.87. The van der Waals surface area contributed by atoms with E-state index in [1.54, 1.807) is 0 Å². The Bertz CT molecular complexity index is 866. The van der Waals surface area contributed by atoms with Crippen LogP contribution in [-0.2, 0) is 42.7 Å². The van der Waals surface area contributed by atoms with Gasteiger partial charge in [0.15, 0.2) is 0 Å². The van der Waals surface area contributed by atoms with Crippen molar-refractivity contribution < 1.29 is 56.0 Å². The highest BCUT2D eigenvalue weighted by Crippen LogP contribution is 2.43. The first-order valence-corrected chi connectivity index (χ1v) is 8.54. The zero-order chi connectivity index (χ0) is 19.0. The molecule has 6 N–H and O–H groups in total. The van der Waals surface area contributed by atoms with Gasteiger partial charge in [0.05, 0.1) is 12.8 Å². The van der Waals surface area contributed by atoms with Crippen molar-refractivity contribution in [3.05, 3.63) is 11.1 Å². The molecule has 0 aliphatic carbocycles. The summed E-state index contributed by atoms with van der Waals surface area (Å²) in [5, 5.41) is 37.0. The van der Waals surface area contributed by atoms with Gasteiger partial charge in [0.25, 0.3) is 20.2 Å². The lowest BCUT2D eigenvalue weighted by atomic mass is 10.0. The number of benzene rings is 1. The van der Waals surface area contributed by atoms with Crippen molar-refractivity contribution >= 4 is 32.2 Å². The Kier molecular flexibility index (Phi) is 5.10. The number of carboxylic acid groups (broad SMARTS) is 2. The summed E-state index contributed by atoms with van der Waals surface area (Å²) in [5.41, 5.74) is -2.49. The third kappa shape index (κ3) is 3.91. The number of hydrogen-bond donors (Lipinski definition) is 6. The lowest BCUT2D eigenvalue weighted by molar-refractivity contribution is -0.137. The van der Waals surface area contributed by atoms with E-state index in [0.717, 1.165) is 0 Å². The normalized spacial score (nSPS) is 12.1.